The number of benzene rings is 3. The number of carbonyl (C=O) groups is 3. The van der Waals surface area contributed by atoms with Crippen LogP contribution >= 0.6 is 0 Å². The Hall–Kier alpha value is -4.10. The van der Waals surface area contributed by atoms with Gasteiger partial charge in [-0.1, -0.05) is 80.4 Å². The van der Waals surface area contributed by atoms with Crippen molar-refractivity contribution in [1.29, 1.82) is 0 Å². The smallest absolute Gasteiger partial charge is 0.507 e. The summed E-state index contributed by atoms with van der Waals surface area (Å²) in [6.45, 7) is 17.8. The zero-order valence-corrected chi connectivity index (χ0v) is 35.6. The fraction of sp³-hybridized carbons (Fsp3) is 0.476. The molecule has 13 heteroatoms. The molecule has 4 rings (SSSR count). The van der Waals surface area contributed by atoms with Gasteiger partial charge in [-0.2, -0.15) is 0 Å². The quantitative estimate of drug-likeness (QED) is 0.0536. The summed E-state index contributed by atoms with van der Waals surface area (Å²) >= 11 is 0. The molecule has 0 fully saturated rings. The molecular weight excluding hydrogens is 715 g/mol. The number of phenols is 4. The van der Waals surface area contributed by atoms with Crippen molar-refractivity contribution in [2.75, 3.05) is 0 Å². The molecular formula is C42H54N2NaO10+. The number of aliphatic hydroxyl groups excluding tert-OH is 1. The number of fused-ring (bicyclic) bond motifs is 2. The third-order valence-corrected chi connectivity index (χ3v) is 11.1. The van der Waals surface area contributed by atoms with Gasteiger partial charge in [0.1, 0.15) is 29.7 Å². The van der Waals surface area contributed by atoms with E-state index >= 15 is 0 Å². The average Bonchev–Trinajstić information content (AvgIpc) is 3.08. The topological polar surface area (TPSA) is 217 Å². The van der Waals surface area contributed by atoms with Crippen LogP contribution in [0.1, 0.15) is 113 Å². The Morgan fingerprint density at radius 1 is 0.818 bits per heavy atom. The first kappa shape index (κ1) is 45.3. The van der Waals surface area contributed by atoms with Gasteiger partial charge in [-0.05, 0) is 59.6 Å². The molecule has 3 aromatic rings. The predicted molar refractivity (Wildman–Crippen MR) is 209 cm³/mol. The number of phenolic OH excluding ortho intramolecular Hbond substituents is 4. The third-order valence-electron chi connectivity index (χ3n) is 11.1. The molecule has 0 radical (unpaired) electrons. The number of rotatable bonds is 13. The number of aliphatic hydroxyl groups is 1. The van der Waals surface area contributed by atoms with Crippen LogP contribution in [0, 0.1) is 31.6 Å². The SMILES string of the molecule is CC[C@H](C)[C@H](N=Cc1c(O)c(O)c(C(C)C)c2cc(C)c(-c3c(C)cc4c(c3O)/C(=C/N[C@H](C(=O)O)[C@@H](C)CC)C(=O)C(O)C4C(C)C)c(O)c12)C(=O)O.[Na+]. The van der Waals surface area contributed by atoms with Gasteiger partial charge in [0.15, 0.2) is 17.3 Å². The van der Waals surface area contributed by atoms with E-state index in [1.165, 1.54) is 6.20 Å². The molecule has 8 N–H and O–H groups in total. The molecule has 12 nitrogen and oxygen atoms in total. The summed E-state index contributed by atoms with van der Waals surface area (Å²) in [7, 11) is 0. The van der Waals surface area contributed by atoms with Crippen molar-refractivity contribution >= 4 is 40.3 Å². The maximum absolute atomic E-state index is 13.9. The van der Waals surface area contributed by atoms with Gasteiger partial charge in [-0.3, -0.25) is 9.79 Å². The van der Waals surface area contributed by atoms with Gasteiger partial charge >= 0.3 is 41.5 Å². The van der Waals surface area contributed by atoms with Crippen LogP contribution in [0.25, 0.3) is 27.5 Å². The number of aryl methyl sites for hydroxylation is 2. The summed E-state index contributed by atoms with van der Waals surface area (Å²) in [6.07, 6.45) is 1.92. The van der Waals surface area contributed by atoms with Crippen molar-refractivity contribution < 1.29 is 79.7 Å². The van der Waals surface area contributed by atoms with Gasteiger partial charge in [-0.15, -0.1) is 0 Å². The van der Waals surface area contributed by atoms with Crippen molar-refractivity contribution in [3.05, 3.63) is 51.7 Å². The van der Waals surface area contributed by atoms with Crippen LogP contribution in [0.5, 0.6) is 23.0 Å². The predicted octanol–water partition coefficient (Wildman–Crippen LogP) is 4.10. The standard InChI is InChI=1S/C42H54N2O10.Na/c1-11-19(7)33(41(51)52)43-15-25-31-23(27(17(3)4)39(49)35(25)45)13-21(9)29(37(31)47)30-22(10)14-24-28(18(5)6)40(50)36(46)26(32(24)38(30)48)16-44-34(42(53)54)20(8)12-2;/h13-20,27,33-34,39,43,46-50H,11-12H2,1-10H3,(H,51,52)(H,53,54);/q;+1/b25-15-,44-16?;/t19-,20-,27?,33-,34-,39?;/m0./s1. The van der Waals surface area contributed by atoms with Crippen molar-refractivity contribution in [2.45, 2.75) is 112 Å². The normalized spacial score (nSPS) is 18.7. The number of hydrogen-bond donors (Lipinski definition) is 8. The molecule has 0 amide bonds. The second kappa shape index (κ2) is 17.8. The van der Waals surface area contributed by atoms with Crippen LogP contribution in [0.3, 0.4) is 0 Å². The Morgan fingerprint density at radius 2 is 1.38 bits per heavy atom. The maximum Gasteiger partial charge on any atom is 1.00 e. The van der Waals surface area contributed by atoms with Crippen LogP contribution < -0.4 is 34.9 Å². The summed E-state index contributed by atoms with van der Waals surface area (Å²) in [6, 6.07) is 1.19. The number of aliphatic carboxylic acids is 2. The first-order valence-electron chi connectivity index (χ1n) is 18.5. The van der Waals surface area contributed by atoms with E-state index in [1.807, 2.05) is 27.7 Å². The van der Waals surface area contributed by atoms with E-state index in [-0.39, 0.29) is 92.2 Å². The van der Waals surface area contributed by atoms with E-state index in [1.54, 1.807) is 53.7 Å². The zero-order valence-electron chi connectivity index (χ0n) is 33.6. The van der Waals surface area contributed by atoms with Crippen LogP contribution in [0.2, 0.25) is 0 Å². The number of carbonyl (C=O) groups excluding carboxylic acids is 1. The number of hydrogen-bond acceptors (Lipinski definition) is 10. The molecule has 0 heterocycles. The fourth-order valence-corrected chi connectivity index (χ4v) is 7.70. The fourth-order valence-electron chi connectivity index (χ4n) is 7.70. The Kier molecular flexibility index (Phi) is 14.6. The van der Waals surface area contributed by atoms with Crippen LogP contribution in [-0.4, -0.2) is 77.9 Å². The third kappa shape index (κ3) is 8.24. The van der Waals surface area contributed by atoms with E-state index in [9.17, 15) is 50.1 Å². The number of ketones is 1. The minimum Gasteiger partial charge on any atom is -0.507 e. The number of Topliss-reactive ketones (excluding diaryl/α,β-unsaturated/α-hetero) is 1. The monoisotopic (exact) mass is 769 g/mol. The molecule has 55 heavy (non-hydrogen) atoms. The first-order chi connectivity index (χ1) is 25.2. The number of carboxylic acid groups (broad SMARTS) is 2. The molecule has 292 valence electrons. The second-order valence-electron chi connectivity index (χ2n) is 15.4. The molecule has 0 aliphatic heterocycles. The number of aliphatic imine (C=N–C) groups is 1. The minimum atomic E-state index is -1.48. The summed E-state index contributed by atoms with van der Waals surface area (Å²) < 4.78 is 0. The molecule has 0 saturated heterocycles. The molecule has 1 aliphatic rings. The van der Waals surface area contributed by atoms with E-state index < -0.39 is 59.1 Å². The summed E-state index contributed by atoms with van der Waals surface area (Å²) in [5.41, 5.74) is 1.87. The van der Waals surface area contributed by atoms with Gasteiger partial charge in [0.25, 0.3) is 0 Å². The number of carboxylic acids is 2. The van der Waals surface area contributed by atoms with Gasteiger partial charge in [0.2, 0.25) is 0 Å². The molecule has 2 unspecified atom stereocenters. The Labute approximate surface area is 344 Å². The largest absolute Gasteiger partial charge is 1.00 e. The Bertz CT molecular complexity index is 2050. The zero-order chi connectivity index (χ0) is 40.7. The average molecular weight is 770 g/mol. The van der Waals surface area contributed by atoms with Crippen molar-refractivity contribution in [2.24, 2.45) is 22.7 Å². The molecule has 3 aromatic carbocycles. The van der Waals surface area contributed by atoms with Crippen LogP contribution in [0.4, 0.5) is 0 Å². The molecule has 6 atom stereocenters. The van der Waals surface area contributed by atoms with Crippen LogP contribution in [-0.2, 0) is 14.4 Å². The first-order valence-corrected chi connectivity index (χ1v) is 18.5. The van der Waals surface area contributed by atoms with Crippen molar-refractivity contribution in [1.82, 2.24) is 5.32 Å². The molecule has 0 bridgehead atoms. The van der Waals surface area contributed by atoms with Gasteiger partial charge in [-0.25, -0.2) is 9.59 Å². The Morgan fingerprint density at radius 3 is 1.89 bits per heavy atom. The van der Waals surface area contributed by atoms with Gasteiger partial charge < -0.3 is 41.1 Å². The second-order valence-corrected chi connectivity index (χ2v) is 15.4. The van der Waals surface area contributed by atoms with E-state index in [0.717, 1.165) is 6.21 Å². The van der Waals surface area contributed by atoms with E-state index in [2.05, 4.69) is 10.3 Å². The van der Waals surface area contributed by atoms with E-state index in [4.69, 9.17) is 0 Å². The molecule has 0 saturated carbocycles. The number of nitrogens with zero attached hydrogens (tertiary/aromatic N) is 1. The van der Waals surface area contributed by atoms with Gasteiger partial charge in [0, 0.05) is 57.1 Å². The summed E-state index contributed by atoms with van der Waals surface area (Å²) in [5.74, 6) is -6.86. The van der Waals surface area contributed by atoms with Gasteiger partial charge in [0.05, 0.1) is 0 Å². The molecule has 0 aromatic heterocycles. The number of aromatic hydroxyl groups is 4. The summed E-state index contributed by atoms with van der Waals surface area (Å²) in [4.78, 5) is 42.5. The van der Waals surface area contributed by atoms with Crippen molar-refractivity contribution in [3.63, 3.8) is 0 Å². The van der Waals surface area contributed by atoms with Crippen LogP contribution in [0.15, 0.2) is 23.3 Å². The number of nitrogens with one attached hydrogen (secondary N) is 1. The molecule has 0 spiro atoms. The van der Waals surface area contributed by atoms with E-state index in [0.29, 0.717) is 40.5 Å². The minimum absolute atomic E-state index is 0. The summed E-state index contributed by atoms with van der Waals surface area (Å²) in [5, 5.41) is 81.7. The molecule has 1 aliphatic carbocycles. The maximum atomic E-state index is 13.9. The Balaban J connectivity index is 0.00000812. The van der Waals surface area contributed by atoms with Crippen molar-refractivity contribution in [3.8, 4) is 34.1 Å².